The standard InChI is InChI=1S/C21H18ClN3O3/c1-11-3-6-13(7-4-11)25-18(26)14-10-24(2)21(17(14)19(25)27)15-9-12(22)5-8-16(15)23-20(21)28/h3-9,14,17H,10H2,1-2H3,(H,23,28). The third-order valence-corrected chi connectivity index (χ3v) is 6.46. The second-order valence-corrected chi connectivity index (χ2v) is 8.16. The van der Waals surface area contributed by atoms with Crippen LogP contribution in [-0.4, -0.2) is 36.2 Å². The van der Waals surface area contributed by atoms with Gasteiger partial charge in [-0.1, -0.05) is 29.3 Å². The van der Waals surface area contributed by atoms with Gasteiger partial charge < -0.3 is 5.32 Å². The second kappa shape index (κ2) is 5.65. The quantitative estimate of drug-likeness (QED) is 0.753. The van der Waals surface area contributed by atoms with Gasteiger partial charge in [0.25, 0.3) is 0 Å². The molecule has 2 fully saturated rings. The van der Waals surface area contributed by atoms with Gasteiger partial charge in [0, 0.05) is 22.8 Å². The van der Waals surface area contributed by atoms with E-state index in [9.17, 15) is 14.4 Å². The molecule has 0 aliphatic carbocycles. The molecule has 3 amide bonds. The minimum Gasteiger partial charge on any atom is -0.324 e. The first kappa shape index (κ1) is 17.4. The van der Waals surface area contributed by atoms with Gasteiger partial charge in [-0.25, -0.2) is 4.90 Å². The summed E-state index contributed by atoms with van der Waals surface area (Å²) >= 11 is 6.21. The number of anilines is 2. The van der Waals surface area contributed by atoms with E-state index >= 15 is 0 Å². The second-order valence-electron chi connectivity index (χ2n) is 7.72. The Morgan fingerprint density at radius 3 is 2.50 bits per heavy atom. The summed E-state index contributed by atoms with van der Waals surface area (Å²) in [5.41, 5.74) is 1.65. The Morgan fingerprint density at radius 1 is 1.07 bits per heavy atom. The van der Waals surface area contributed by atoms with Crippen LogP contribution in [0.15, 0.2) is 42.5 Å². The van der Waals surface area contributed by atoms with Crippen LogP contribution in [0.4, 0.5) is 11.4 Å². The van der Waals surface area contributed by atoms with Crippen LogP contribution in [-0.2, 0) is 19.9 Å². The fraction of sp³-hybridized carbons (Fsp3) is 0.286. The van der Waals surface area contributed by atoms with E-state index < -0.39 is 17.4 Å². The molecule has 3 aliphatic heterocycles. The minimum atomic E-state index is -1.23. The molecule has 1 spiro atoms. The summed E-state index contributed by atoms with van der Waals surface area (Å²) in [5, 5.41) is 3.36. The van der Waals surface area contributed by atoms with E-state index in [-0.39, 0.29) is 17.7 Å². The van der Waals surface area contributed by atoms with E-state index in [1.807, 2.05) is 24.0 Å². The van der Waals surface area contributed by atoms with Crippen molar-refractivity contribution in [3.05, 3.63) is 58.6 Å². The average Bonchev–Trinajstić information content (AvgIpc) is 3.21. The van der Waals surface area contributed by atoms with Crippen molar-refractivity contribution in [1.29, 1.82) is 0 Å². The van der Waals surface area contributed by atoms with Crippen LogP contribution in [0.2, 0.25) is 5.02 Å². The molecule has 2 aromatic carbocycles. The maximum Gasteiger partial charge on any atom is 0.250 e. The van der Waals surface area contributed by atoms with Gasteiger partial charge in [0.1, 0.15) is 5.54 Å². The summed E-state index contributed by atoms with van der Waals surface area (Å²) in [6.07, 6.45) is 0. The van der Waals surface area contributed by atoms with E-state index in [1.165, 1.54) is 4.90 Å². The fourth-order valence-corrected chi connectivity index (χ4v) is 5.15. The zero-order valence-electron chi connectivity index (χ0n) is 15.4. The fourth-order valence-electron chi connectivity index (χ4n) is 4.97. The molecule has 3 unspecified atom stereocenters. The molecule has 2 aromatic rings. The molecule has 28 heavy (non-hydrogen) atoms. The van der Waals surface area contributed by atoms with Crippen molar-refractivity contribution in [1.82, 2.24) is 4.90 Å². The predicted molar refractivity (Wildman–Crippen MR) is 105 cm³/mol. The largest absolute Gasteiger partial charge is 0.324 e. The van der Waals surface area contributed by atoms with Crippen LogP contribution in [0.1, 0.15) is 11.1 Å². The number of fused-ring (bicyclic) bond motifs is 4. The zero-order chi connectivity index (χ0) is 19.8. The number of hydrogen-bond donors (Lipinski definition) is 1. The van der Waals surface area contributed by atoms with Crippen LogP contribution in [0.3, 0.4) is 0 Å². The normalized spacial score (nSPS) is 28.8. The number of benzene rings is 2. The summed E-state index contributed by atoms with van der Waals surface area (Å²) in [6.45, 7) is 2.27. The number of carbonyl (C=O) groups excluding carboxylic acids is 3. The van der Waals surface area contributed by atoms with E-state index in [1.54, 1.807) is 37.4 Å². The highest BCUT2D eigenvalue weighted by atomic mass is 35.5. The number of amides is 3. The van der Waals surface area contributed by atoms with Crippen molar-refractivity contribution in [3.8, 4) is 0 Å². The maximum atomic E-state index is 13.5. The number of likely N-dealkylation sites (tertiary alicyclic amines) is 1. The molecule has 0 bridgehead atoms. The predicted octanol–water partition coefficient (Wildman–Crippen LogP) is 2.55. The molecule has 1 N–H and O–H groups in total. The lowest BCUT2D eigenvalue weighted by atomic mass is 9.77. The summed E-state index contributed by atoms with van der Waals surface area (Å²) in [7, 11) is 1.78. The van der Waals surface area contributed by atoms with Crippen molar-refractivity contribution >= 4 is 40.7 Å². The van der Waals surface area contributed by atoms with Crippen LogP contribution < -0.4 is 10.2 Å². The third kappa shape index (κ3) is 1.99. The Bertz CT molecular complexity index is 1050. The topological polar surface area (TPSA) is 69.7 Å². The molecule has 142 valence electrons. The third-order valence-electron chi connectivity index (χ3n) is 6.23. The number of hydrogen-bond acceptors (Lipinski definition) is 4. The minimum absolute atomic E-state index is 0.258. The average molecular weight is 396 g/mol. The Hall–Kier alpha value is -2.70. The van der Waals surface area contributed by atoms with Gasteiger partial charge in [-0.2, -0.15) is 0 Å². The highest BCUT2D eigenvalue weighted by Crippen LogP contribution is 2.55. The van der Waals surface area contributed by atoms with Gasteiger partial charge in [0.05, 0.1) is 17.5 Å². The molecular weight excluding hydrogens is 378 g/mol. The summed E-state index contributed by atoms with van der Waals surface area (Å²) in [4.78, 5) is 42.9. The van der Waals surface area contributed by atoms with Crippen molar-refractivity contribution < 1.29 is 14.4 Å². The molecule has 6 nitrogen and oxygen atoms in total. The van der Waals surface area contributed by atoms with Gasteiger partial charge >= 0.3 is 0 Å². The first-order chi connectivity index (χ1) is 13.4. The highest BCUT2D eigenvalue weighted by Gasteiger charge is 2.70. The molecular formula is C21H18ClN3O3. The van der Waals surface area contributed by atoms with Crippen LogP contribution >= 0.6 is 11.6 Å². The van der Waals surface area contributed by atoms with Gasteiger partial charge in [-0.15, -0.1) is 0 Å². The van der Waals surface area contributed by atoms with Crippen molar-refractivity contribution in [2.45, 2.75) is 12.5 Å². The Morgan fingerprint density at radius 2 is 1.79 bits per heavy atom. The number of carbonyl (C=O) groups is 3. The number of likely N-dealkylation sites (N-methyl/N-ethyl adjacent to an activating group) is 1. The van der Waals surface area contributed by atoms with Gasteiger partial charge in [-0.3, -0.25) is 19.3 Å². The zero-order valence-corrected chi connectivity index (χ0v) is 16.2. The number of nitrogens with zero attached hydrogens (tertiary/aromatic N) is 2. The van der Waals surface area contributed by atoms with Crippen molar-refractivity contribution in [2.24, 2.45) is 11.8 Å². The van der Waals surface area contributed by atoms with E-state index in [4.69, 9.17) is 11.6 Å². The first-order valence-electron chi connectivity index (χ1n) is 9.13. The van der Waals surface area contributed by atoms with Crippen LogP contribution in [0, 0.1) is 18.8 Å². The molecule has 0 aromatic heterocycles. The number of imide groups is 1. The molecule has 5 rings (SSSR count). The number of aryl methyl sites for hydroxylation is 1. The van der Waals surface area contributed by atoms with Gasteiger partial charge in [0.15, 0.2) is 0 Å². The first-order valence-corrected chi connectivity index (χ1v) is 9.50. The molecule has 2 saturated heterocycles. The Balaban J connectivity index is 1.67. The Labute approximate surface area is 167 Å². The van der Waals surface area contributed by atoms with Crippen molar-refractivity contribution in [3.63, 3.8) is 0 Å². The monoisotopic (exact) mass is 395 g/mol. The summed E-state index contributed by atoms with van der Waals surface area (Å²) in [6, 6.07) is 12.4. The maximum absolute atomic E-state index is 13.5. The Kier molecular flexibility index (Phi) is 3.51. The van der Waals surface area contributed by atoms with E-state index in [0.29, 0.717) is 28.5 Å². The molecule has 0 radical (unpaired) electrons. The van der Waals surface area contributed by atoms with Gasteiger partial charge in [0.2, 0.25) is 17.7 Å². The SMILES string of the molecule is Cc1ccc(N2C(=O)C3CN(C)C4(C(=O)Nc5ccc(Cl)cc54)C3C2=O)cc1. The lowest BCUT2D eigenvalue weighted by Crippen LogP contribution is -2.52. The molecule has 0 saturated carbocycles. The summed E-state index contributed by atoms with van der Waals surface area (Å²) in [5.74, 6) is -2.25. The summed E-state index contributed by atoms with van der Waals surface area (Å²) < 4.78 is 0. The lowest BCUT2D eigenvalue weighted by Gasteiger charge is -2.34. The number of rotatable bonds is 1. The smallest absolute Gasteiger partial charge is 0.250 e. The van der Waals surface area contributed by atoms with Gasteiger partial charge in [-0.05, 0) is 44.3 Å². The van der Waals surface area contributed by atoms with Crippen molar-refractivity contribution in [2.75, 3.05) is 23.8 Å². The van der Waals surface area contributed by atoms with E-state index in [0.717, 1.165) is 5.56 Å². The highest BCUT2D eigenvalue weighted by molar-refractivity contribution is 6.31. The van der Waals surface area contributed by atoms with Crippen LogP contribution in [0.5, 0.6) is 0 Å². The van der Waals surface area contributed by atoms with E-state index in [2.05, 4.69) is 5.32 Å². The molecule has 3 aliphatic rings. The molecule has 7 heteroatoms. The number of nitrogens with one attached hydrogen (secondary N) is 1. The van der Waals surface area contributed by atoms with Crippen LogP contribution in [0.25, 0.3) is 0 Å². The molecule has 3 atom stereocenters. The lowest BCUT2D eigenvalue weighted by molar-refractivity contribution is -0.134. The molecule has 3 heterocycles. The number of halogens is 1.